The number of phenolic OH excluding ortho intramolecular Hbond substituents is 1. The monoisotopic (exact) mass is 620 g/mol. The Balaban J connectivity index is 1.75. The maximum absolute atomic E-state index is 10.1. The van der Waals surface area contributed by atoms with Gasteiger partial charge in [-0.25, -0.2) is 0 Å². The summed E-state index contributed by atoms with van der Waals surface area (Å²) in [6.07, 6.45) is -2.97. The summed E-state index contributed by atoms with van der Waals surface area (Å²) in [6, 6.07) is 29.5. The standard InChI is InChI=1S/C35H40O10/c36-17-28(40)20-43-31-11-3-24(4-12-31)34(23-1-9-27(39)10-2-23)35(25-5-13-32(14-6-25)44-21-29(41)18-37)26-7-15-33(16-8-26)45-22-30(42)19-38/h1-16,28-30,34-42H,17-22H2. The number of aromatic hydroxyl groups is 1. The van der Waals surface area contributed by atoms with Crippen molar-refractivity contribution in [3.8, 4) is 23.0 Å². The zero-order chi connectivity index (χ0) is 32.2. The van der Waals surface area contributed by atoms with Crippen molar-refractivity contribution in [2.45, 2.75) is 30.1 Å². The van der Waals surface area contributed by atoms with Crippen molar-refractivity contribution in [2.24, 2.45) is 0 Å². The van der Waals surface area contributed by atoms with E-state index in [-0.39, 0.29) is 37.4 Å². The van der Waals surface area contributed by atoms with Gasteiger partial charge in [-0.2, -0.15) is 0 Å². The second-order valence-corrected chi connectivity index (χ2v) is 10.7. The number of aliphatic hydroxyl groups excluding tert-OH is 6. The van der Waals surface area contributed by atoms with Crippen LogP contribution in [0, 0.1) is 0 Å². The summed E-state index contributed by atoms with van der Waals surface area (Å²) in [5.74, 6) is 1.22. The lowest BCUT2D eigenvalue weighted by Gasteiger charge is -2.30. The molecule has 4 rings (SSSR count). The van der Waals surface area contributed by atoms with E-state index in [1.807, 2.05) is 48.5 Å². The van der Waals surface area contributed by atoms with Crippen LogP contribution in [0.3, 0.4) is 0 Å². The van der Waals surface area contributed by atoms with Gasteiger partial charge in [0.25, 0.3) is 0 Å². The first kappa shape index (κ1) is 33.7. The summed E-state index contributed by atoms with van der Waals surface area (Å²) in [5.41, 5.74) is 3.76. The van der Waals surface area contributed by atoms with E-state index in [9.17, 15) is 20.4 Å². The van der Waals surface area contributed by atoms with Crippen LogP contribution in [0.2, 0.25) is 0 Å². The van der Waals surface area contributed by atoms with Crippen molar-refractivity contribution in [2.75, 3.05) is 39.6 Å². The van der Waals surface area contributed by atoms with Gasteiger partial charge in [0.2, 0.25) is 0 Å². The number of aliphatic hydroxyl groups is 6. The quantitative estimate of drug-likeness (QED) is 0.0932. The molecule has 240 valence electrons. The molecule has 10 heteroatoms. The minimum Gasteiger partial charge on any atom is -0.508 e. The number of benzene rings is 4. The van der Waals surface area contributed by atoms with Crippen LogP contribution in [0.25, 0.3) is 0 Å². The summed E-state index contributed by atoms with van der Waals surface area (Å²) in [6.45, 7) is -1.36. The topological polar surface area (TPSA) is 169 Å². The Labute approximate surface area is 262 Å². The van der Waals surface area contributed by atoms with Crippen molar-refractivity contribution in [1.82, 2.24) is 0 Å². The zero-order valence-electron chi connectivity index (χ0n) is 24.7. The highest BCUT2D eigenvalue weighted by Gasteiger charge is 2.29. The van der Waals surface area contributed by atoms with Crippen LogP contribution in [0.4, 0.5) is 0 Å². The molecular weight excluding hydrogens is 580 g/mol. The maximum Gasteiger partial charge on any atom is 0.119 e. The molecule has 0 fully saturated rings. The van der Waals surface area contributed by atoms with E-state index < -0.39 is 38.1 Å². The van der Waals surface area contributed by atoms with E-state index in [1.165, 1.54) is 0 Å². The van der Waals surface area contributed by atoms with Crippen molar-refractivity contribution in [3.05, 3.63) is 119 Å². The highest BCUT2D eigenvalue weighted by atomic mass is 16.5. The van der Waals surface area contributed by atoms with E-state index >= 15 is 0 Å². The molecular formula is C35H40O10. The van der Waals surface area contributed by atoms with Crippen molar-refractivity contribution >= 4 is 0 Å². The largest absolute Gasteiger partial charge is 0.508 e. The van der Waals surface area contributed by atoms with Crippen LogP contribution in [0.5, 0.6) is 23.0 Å². The summed E-state index contributed by atoms with van der Waals surface area (Å²) in [7, 11) is 0. The molecule has 10 nitrogen and oxygen atoms in total. The van der Waals surface area contributed by atoms with E-state index in [0.717, 1.165) is 22.3 Å². The van der Waals surface area contributed by atoms with Gasteiger partial charge < -0.3 is 50.0 Å². The Morgan fingerprint density at radius 2 is 0.644 bits per heavy atom. The second kappa shape index (κ2) is 16.8. The fourth-order valence-corrected chi connectivity index (χ4v) is 4.89. The van der Waals surface area contributed by atoms with Gasteiger partial charge in [0.1, 0.15) is 61.1 Å². The van der Waals surface area contributed by atoms with Crippen LogP contribution in [0.15, 0.2) is 97.1 Å². The van der Waals surface area contributed by atoms with Gasteiger partial charge in [0.15, 0.2) is 0 Å². The Bertz CT molecular complexity index is 1350. The van der Waals surface area contributed by atoms with Gasteiger partial charge in [-0.05, 0) is 70.8 Å². The third-order valence-corrected chi connectivity index (χ3v) is 7.26. The molecule has 0 amide bonds. The highest BCUT2D eigenvalue weighted by Crippen LogP contribution is 2.44. The molecule has 4 atom stereocenters. The third-order valence-electron chi connectivity index (χ3n) is 7.26. The Kier molecular flexibility index (Phi) is 12.6. The average molecular weight is 621 g/mol. The number of ether oxygens (including phenoxy) is 3. The van der Waals surface area contributed by atoms with E-state index in [1.54, 1.807) is 48.5 Å². The fourth-order valence-electron chi connectivity index (χ4n) is 4.89. The van der Waals surface area contributed by atoms with Gasteiger partial charge in [0, 0.05) is 11.8 Å². The molecule has 0 spiro atoms. The molecule has 0 radical (unpaired) electrons. The normalized spacial score (nSPS) is 14.6. The molecule has 0 aliphatic rings. The summed E-state index contributed by atoms with van der Waals surface area (Å²) in [5, 5.41) is 66.5. The SMILES string of the molecule is OCC(O)COc1ccc(C(c2ccc(O)cc2)C(c2ccc(OCC(O)CO)cc2)c2ccc(OCC(O)CO)cc2)cc1. The van der Waals surface area contributed by atoms with E-state index in [2.05, 4.69) is 0 Å². The average Bonchev–Trinajstić information content (AvgIpc) is 3.08. The first-order valence-corrected chi connectivity index (χ1v) is 14.6. The van der Waals surface area contributed by atoms with Crippen LogP contribution in [-0.2, 0) is 0 Å². The third kappa shape index (κ3) is 9.66. The highest BCUT2D eigenvalue weighted by molar-refractivity contribution is 5.48. The van der Waals surface area contributed by atoms with Crippen molar-refractivity contribution in [3.63, 3.8) is 0 Å². The molecule has 0 aliphatic heterocycles. The smallest absolute Gasteiger partial charge is 0.119 e. The minimum absolute atomic E-state index is 0.0482. The van der Waals surface area contributed by atoms with Gasteiger partial charge in [-0.3, -0.25) is 0 Å². The lowest BCUT2D eigenvalue weighted by atomic mass is 9.73. The Morgan fingerprint density at radius 1 is 0.400 bits per heavy atom. The molecule has 0 heterocycles. The van der Waals surface area contributed by atoms with Crippen LogP contribution in [-0.4, -0.2) is 93.7 Å². The first-order chi connectivity index (χ1) is 21.8. The number of hydrogen-bond donors (Lipinski definition) is 7. The summed E-state index contributed by atoms with van der Waals surface area (Å²) >= 11 is 0. The second-order valence-electron chi connectivity index (χ2n) is 10.7. The summed E-state index contributed by atoms with van der Waals surface area (Å²) in [4.78, 5) is 0. The van der Waals surface area contributed by atoms with Crippen molar-refractivity contribution < 1.29 is 50.0 Å². The minimum atomic E-state index is -0.991. The molecule has 0 saturated carbocycles. The van der Waals surface area contributed by atoms with Gasteiger partial charge in [-0.15, -0.1) is 0 Å². The number of phenols is 1. The molecule has 0 bridgehead atoms. The Morgan fingerprint density at radius 3 is 0.889 bits per heavy atom. The lowest BCUT2D eigenvalue weighted by molar-refractivity contribution is 0.0536. The van der Waals surface area contributed by atoms with E-state index in [0.29, 0.717) is 17.2 Å². The molecule has 4 aromatic carbocycles. The van der Waals surface area contributed by atoms with Gasteiger partial charge in [-0.1, -0.05) is 48.5 Å². The molecule has 4 aromatic rings. The fraction of sp³-hybridized carbons (Fsp3) is 0.314. The predicted molar refractivity (Wildman–Crippen MR) is 167 cm³/mol. The molecule has 0 aliphatic carbocycles. The van der Waals surface area contributed by atoms with Crippen LogP contribution >= 0.6 is 0 Å². The van der Waals surface area contributed by atoms with Crippen molar-refractivity contribution in [1.29, 1.82) is 0 Å². The molecule has 0 saturated heterocycles. The number of hydrogen-bond acceptors (Lipinski definition) is 10. The Hall–Kier alpha value is -4.16. The zero-order valence-corrected chi connectivity index (χ0v) is 24.7. The summed E-state index contributed by atoms with van der Waals surface area (Å²) < 4.78 is 16.9. The predicted octanol–water partition coefficient (Wildman–Crippen LogP) is 2.55. The van der Waals surface area contributed by atoms with Gasteiger partial charge >= 0.3 is 0 Å². The van der Waals surface area contributed by atoms with Crippen LogP contribution in [0.1, 0.15) is 34.1 Å². The molecule has 7 N–H and O–H groups in total. The molecule has 4 unspecified atom stereocenters. The van der Waals surface area contributed by atoms with Gasteiger partial charge in [0.05, 0.1) is 19.8 Å². The van der Waals surface area contributed by atoms with E-state index in [4.69, 9.17) is 29.5 Å². The van der Waals surface area contributed by atoms with Crippen LogP contribution < -0.4 is 14.2 Å². The lowest BCUT2D eigenvalue weighted by Crippen LogP contribution is -2.21. The molecule has 45 heavy (non-hydrogen) atoms. The maximum atomic E-state index is 10.1. The number of rotatable bonds is 17. The molecule has 0 aromatic heterocycles. The first-order valence-electron chi connectivity index (χ1n) is 14.6.